The predicted octanol–water partition coefficient (Wildman–Crippen LogP) is 4.21. The summed E-state index contributed by atoms with van der Waals surface area (Å²) in [5.74, 6) is 0. The molecule has 82 valence electrons. The van der Waals surface area contributed by atoms with Crippen LogP contribution in [0.3, 0.4) is 0 Å². The second kappa shape index (κ2) is 4.18. The largest absolute Gasteiger partial charge is 0.398 e. The first-order valence-electron chi connectivity index (χ1n) is 5.21. The van der Waals surface area contributed by atoms with Crippen LogP contribution in [-0.2, 0) is 0 Å². The van der Waals surface area contributed by atoms with Crippen molar-refractivity contribution >= 4 is 17.3 Å². The minimum Gasteiger partial charge on any atom is -0.398 e. The van der Waals surface area contributed by atoms with E-state index in [1.54, 1.807) is 0 Å². The van der Waals surface area contributed by atoms with Gasteiger partial charge in [-0.05, 0) is 42.7 Å². The summed E-state index contributed by atoms with van der Waals surface area (Å²) in [5, 5.41) is 0.706. The molecule has 0 heterocycles. The fourth-order valence-electron chi connectivity index (χ4n) is 1.78. The maximum Gasteiger partial charge on any atom is 0.0505 e. The molecule has 0 fully saturated rings. The maximum atomic E-state index is 6.23. The smallest absolute Gasteiger partial charge is 0.0505 e. The molecule has 0 atom stereocenters. The van der Waals surface area contributed by atoms with Crippen LogP contribution in [-0.4, -0.2) is 0 Å². The molecule has 0 saturated carbocycles. The minimum atomic E-state index is 0.706. The molecule has 0 amide bonds. The van der Waals surface area contributed by atoms with Gasteiger partial charge in [-0.1, -0.05) is 35.9 Å². The summed E-state index contributed by atoms with van der Waals surface area (Å²) in [7, 11) is 0. The molecule has 0 radical (unpaired) electrons. The number of hydrogen-bond donors (Lipinski definition) is 1. The Morgan fingerprint density at radius 2 is 1.62 bits per heavy atom. The Kier molecular flexibility index (Phi) is 2.88. The zero-order valence-corrected chi connectivity index (χ0v) is 10.2. The summed E-state index contributed by atoms with van der Waals surface area (Å²) in [6.45, 7) is 4.07. The van der Waals surface area contributed by atoms with E-state index in [2.05, 4.69) is 19.1 Å². The summed E-state index contributed by atoms with van der Waals surface area (Å²) in [4.78, 5) is 0. The van der Waals surface area contributed by atoms with Crippen molar-refractivity contribution in [2.45, 2.75) is 13.8 Å². The van der Waals surface area contributed by atoms with Crippen LogP contribution in [0.2, 0.25) is 5.02 Å². The number of halogens is 1. The van der Waals surface area contributed by atoms with Gasteiger partial charge in [-0.15, -0.1) is 0 Å². The Morgan fingerprint density at radius 1 is 0.938 bits per heavy atom. The summed E-state index contributed by atoms with van der Waals surface area (Å²) in [6, 6.07) is 12.1. The molecule has 2 aromatic carbocycles. The molecule has 0 spiro atoms. The predicted molar refractivity (Wildman–Crippen MR) is 70.8 cm³/mol. The minimum absolute atomic E-state index is 0.706. The molecule has 0 aliphatic heterocycles. The second-order valence-electron chi connectivity index (χ2n) is 4.00. The molecule has 0 saturated heterocycles. The monoisotopic (exact) mass is 231 g/mol. The quantitative estimate of drug-likeness (QED) is 0.732. The van der Waals surface area contributed by atoms with Crippen LogP contribution < -0.4 is 5.73 Å². The standard InChI is InChI=1S/C14H14ClN/c1-9-5-3-4-6-11(9)12-7-10(2)14(16)8-13(12)15/h3-8H,16H2,1-2H3. The number of benzene rings is 2. The summed E-state index contributed by atoms with van der Waals surface area (Å²) < 4.78 is 0. The second-order valence-corrected chi connectivity index (χ2v) is 4.41. The molecular weight excluding hydrogens is 218 g/mol. The van der Waals surface area contributed by atoms with Crippen LogP contribution in [0.25, 0.3) is 11.1 Å². The SMILES string of the molecule is Cc1cc(-c2ccccc2C)c(Cl)cc1N. The Morgan fingerprint density at radius 3 is 2.31 bits per heavy atom. The number of nitrogens with two attached hydrogens (primary N) is 1. The zero-order chi connectivity index (χ0) is 11.7. The molecule has 2 N–H and O–H groups in total. The number of aryl methyl sites for hydroxylation is 2. The summed E-state index contributed by atoms with van der Waals surface area (Å²) in [5.41, 5.74) is 11.0. The molecule has 2 heteroatoms. The average Bonchev–Trinajstić information content (AvgIpc) is 2.25. The number of nitrogen functional groups attached to an aromatic ring is 1. The van der Waals surface area contributed by atoms with Crippen molar-refractivity contribution in [3.05, 3.63) is 52.5 Å². The fourth-order valence-corrected chi connectivity index (χ4v) is 2.05. The Balaban J connectivity index is 2.65. The highest BCUT2D eigenvalue weighted by Gasteiger charge is 2.07. The van der Waals surface area contributed by atoms with Gasteiger partial charge >= 0.3 is 0 Å². The zero-order valence-electron chi connectivity index (χ0n) is 9.42. The van der Waals surface area contributed by atoms with Gasteiger partial charge in [-0.3, -0.25) is 0 Å². The lowest BCUT2D eigenvalue weighted by atomic mass is 9.98. The molecule has 0 unspecified atom stereocenters. The van der Waals surface area contributed by atoms with E-state index in [-0.39, 0.29) is 0 Å². The Bertz CT molecular complexity index is 532. The highest BCUT2D eigenvalue weighted by Crippen LogP contribution is 2.33. The van der Waals surface area contributed by atoms with Crippen molar-refractivity contribution in [3.8, 4) is 11.1 Å². The van der Waals surface area contributed by atoms with E-state index in [0.717, 1.165) is 22.4 Å². The summed E-state index contributed by atoms with van der Waals surface area (Å²) >= 11 is 6.23. The van der Waals surface area contributed by atoms with Crippen molar-refractivity contribution in [3.63, 3.8) is 0 Å². The summed E-state index contributed by atoms with van der Waals surface area (Å²) in [6.07, 6.45) is 0. The van der Waals surface area contributed by atoms with Crippen LogP contribution in [0.4, 0.5) is 5.69 Å². The van der Waals surface area contributed by atoms with Gasteiger partial charge in [-0.25, -0.2) is 0 Å². The number of hydrogen-bond acceptors (Lipinski definition) is 1. The van der Waals surface area contributed by atoms with Crippen molar-refractivity contribution in [2.24, 2.45) is 0 Å². The van der Waals surface area contributed by atoms with Crippen molar-refractivity contribution in [2.75, 3.05) is 5.73 Å². The first kappa shape index (κ1) is 11.0. The van der Waals surface area contributed by atoms with E-state index < -0.39 is 0 Å². The molecule has 0 aliphatic carbocycles. The van der Waals surface area contributed by atoms with Gasteiger partial charge < -0.3 is 5.73 Å². The third-order valence-corrected chi connectivity index (χ3v) is 3.10. The number of rotatable bonds is 1. The highest BCUT2D eigenvalue weighted by atomic mass is 35.5. The van der Waals surface area contributed by atoms with Crippen LogP contribution in [0.5, 0.6) is 0 Å². The molecule has 1 nitrogen and oxygen atoms in total. The highest BCUT2D eigenvalue weighted by molar-refractivity contribution is 6.33. The van der Waals surface area contributed by atoms with E-state index in [4.69, 9.17) is 17.3 Å². The molecule has 16 heavy (non-hydrogen) atoms. The van der Waals surface area contributed by atoms with Gasteiger partial charge in [-0.2, -0.15) is 0 Å². The van der Waals surface area contributed by atoms with Gasteiger partial charge in [0.15, 0.2) is 0 Å². The molecule has 0 aromatic heterocycles. The lowest BCUT2D eigenvalue weighted by molar-refractivity contribution is 1.43. The molecule has 0 aliphatic rings. The lowest BCUT2D eigenvalue weighted by Gasteiger charge is -2.10. The maximum absolute atomic E-state index is 6.23. The molecule has 0 bridgehead atoms. The van der Waals surface area contributed by atoms with Crippen molar-refractivity contribution < 1.29 is 0 Å². The lowest BCUT2D eigenvalue weighted by Crippen LogP contribution is -1.92. The Labute approximate surface area is 101 Å². The number of anilines is 1. The molecule has 2 rings (SSSR count). The average molecular weight is 232 g/mol. The van der Waals surface area contributed by atoms with Gasteiger partial charge in [0, 0.05) is 11.3 Å². The van der Waals surface area contributed by atoms with Crippen molar-refractivity contribution in [1.29, 1.82) is 0 Å². The van der Waals surface area contributed by atoms with E-state index >= 15 is 0 Å². The fraction of sp³-hybridized carbons (Fsp3) is 0.143. The molecular formula is C14H14ClN. The van der Waals surface area contributed by atoms with E-state index in [0.29, 0.717) is 5.02 Å². The van der Waals surface area contributed by atoms with E-state index in [9.17, 15) is 0 Å². The van der Waals surface area contributed by atoms with Gasteiger partial charge in [0.2, 0.25) is 0 Å². The first-order chi connectivity index (χ1) is 7.59. The van der Waals surface area contributed by atoms with Gasteiger partial charge in [0.25, 0.3) is 0 Å². The molecule has 2 aromatic rings. The third-order valence-electron chi connectivity index (χ3n) is 2.79. The van der Waals surface area contributed by atoms with E-state index in [1.165, 1.54) is 5.56 Å². The third kappa shape index (κ3) is 1.91. The van der Waals surface area contributed by atoms with Crippen LogP contribution in [0.15, 0.2) is 36.4 Å². The van der Waals surface area contributed by atoms with Crippen LogP contribution in [0.1, 0.15) is 11.1 Å². The van der Waals surface area contributed by atoms with Crippen LogP contribution in [0, 0.1) is 13.8 Å². The topological polar surface area (TPSA) is 26.0 Å². The first-order valence-corrected chi connectivity index (χ1v) is 5.59. The van der Waals surface area contributed by atoms with Crippen molar-refractivity contribution in [1.82, 2.24) is 0 Å². The van der Waals surface area contributed by atoms with Gasteiger partial charge in [0.05, 0.1) is 5.02 Å². The normalized spacial score (nSPS) is 10.4. The van der Waals surface area contributed by atoms with E-state index in [1.807, 2.05) is 31.2 Å². The van der Waals surface area contributed by atoms with Gasteiger partial charge in [0.1, 0.15) is 0 Å². The van der Waals surface area contributed by atoms with Crippen LogP contribution >= 0.6 is 11.6 Å². The Hall–Kier alpha value is -1.47.